The highest BCUT2D eigenvalue weighted by atomic mass is 16.5. The topological polar surface area (TPSA) is 51.1 Å². The molecule has 354 valence electrons. The van der Waals surface area contributed by atoms with Gasteiger partial charge in [-0.3, -0.25) is 4.57 Å². The average molecular weight is 935 g/mol. The standard InChI is InChI=1S/C66H64N4O/c1-64(2,3)43-44-35-36-67-62(37-44)70-60-28-16-13-23-56(60)57-34-33-53(42-61(57)70)71-52-22-17-21-51(41-52)68-58-26-14-15-27-59(58)69-63-54(47-31-29-46(30-32-47)45-19-11-10-12-20-45)24-18-25-55(63)48-38-49(65(4,5)6)40-50(39-48)66(7,8)9/h10-42,68-69H,43H2,1-9H3/i31D,32D,38D,39D,43D2. The van der Waals surface area contributed by atoms with Crippen molar-refractivity contribution in [3.63, 3.8) is 0 Å². The van der Waals surface area contributed by atoms with Crippen molar-refractivity contribution in [1.29, 1.82) is 0 Å². The van der Waals surface area contributed by atoms with Gasteiger partial charge in [-0.1, -0.05) is 190 Å². The number of hydrogen-bond acceptors (Lipinski definition) is 4. The number of pyridine rings is 1. The minimum atomic E-state index is -1.61. The largest absolute Gasteiger partial charge is 0.457 e. The number of benzene rings is 8. The van der Waals surface area contributed by atoms with Crippen LogP contribution in [-0.2, 0) is 17.2 Å². The summed E-state index contributed by atoms with van der Waals surface area (Å²) < 4.78 is 65.5. The smallest absolute Gasteiger partial charge is 0.137 e. The number of fused-ring (bicyclic) bond motifs is 3. The Bertz CT molecular complexity index is 3820. The Balaban J connectivity index is 1.05. The molecule has 0 atom stereocenters. The molecule has 5 heteroatoms. The van der Waals surface area contributed by atoms with Gasteiger partial charge in [0.1, 0.15) is 17.3 Å². The molecule has 2 aromatic heterocycles. The van der Waals surface area contributed by atoms with E-state index in [2.05, 4.69) is 74.9 Å². The molecular formula is C66H64N4O. The van der Waals surface area contributed by atoms with E-state index in [-0.39, 0.29) is 24.2 Å². The van der Waals surface area contributed by atoms with Gasteiger partial charge in [-0.05, 0) is 116 Å². The van der Waals surface area contributed by atoms with Crippen molar-refractivity contribution in [3.8, 4) is 50.7 Å². The number of hydrogen-bond donors (Lipinski definition) is 2. The minimum absolute atomic E-state index is 0.183. The van der Waals surface area contributed by atoms with Crippen molar-refractivity contribution in [3.05, 3.63) is 217 Å². The number of nitrogens with one attached hydrogen (secondary N) is 2. The van der Waals surface area contributed by atoms with Gasteiger partial charge in [0.15, 0.2) is 0 Å². The second kappa shape index (κ2) is 18.8. The number of aromatic nitrogens is 2. The lowest BCUT2D eigenvalue weighted by Crippen LogP contribution is -2.16. The van der Waals surface area contributed by atoms with Crippen molar-refractivity contribution in [1.82, 2.24) is 9.55 Å². The number of ether oxygens (including phenoxy) is 1. The van der Waals surface area contributed by atoms with Crippen molar-refractivity contribution in [2.45, 2.75) is 79.5 Å². The van der Waals surface area contributed by atoms with Crippen molar-refractivity contribution >= 4 is 44.6 Å². The molecule has 0 fully saturated rings. The maximum atomic E-state index is 9.83. The molecule has 0 aliphatic carbocycles. The molecule has 10 aromatic rings. The van der Waals surface area contributed by atoms with Crippen LogP contribution in [0.3, 0.4) is 0 Å². The highest BCUT2D eigenvalue weighted by Crippen LogP contribution is 2.44. The van der Waals surface area contributed by atoms with E-state index in [1.807, 2.05) is 154 Å². The van der Waals surface area contributed by atoms with Crippen molar-refractivity contribution in [2.24, 2.45) is 5.41 Å². The van der Waals surface area contributed by atoms with Gasteiger partial charge < -0.3 is 15.4 Å². The van der Waals surface area contributed by atoms with Crippen LogP contribution in [0.4, 0.5) is 22.7 Å². The third kappa shape index (κ3) is 10.2. The molecule has 0 amide bonds. The van der Waals surface area contributed by atoms with E-state index in [1.165, 1.54) is 0 Å². The predicted molar refractivity (Wildman–Crippen MR) is 301 cm³/mol. The molecule has 0 spiro atoms. The second-order valence-electron chi connectivity index (χ2n) is 21.3. The molecule has 2 heterocycles. The highest BCUT2D eigenvalue weighted by Gasteiger charge is 2.24. The van der Waals surface area contributed by atoms with Crippen molar-refractivity contribution < 1.29 is 13.0 Å². The van der Waals surface area contributed by atoms with Crippen LogP contribution in [0.1, 0.15) is 87.2 Å². The van der Waals surface area contributed by atoms with Gasteiger partial charge in [-0.15, -0.1) is 0 Å². The van der Waals surface area contributed by atoms with Crippen LogP contribution in [0.5, 0.6) is 11.5 Å². The van der Waals surface area contributed by atoms with Crippen LogP contribution in [0.25, 0.3) is 61.0 Å². The summed E-state index contributed by atoms with van der Waals surface area (Å²) in [6.07, 6.45) is 0.0720. The van der Waals surface area contributed by atoms with E-state index in [0.717, 1.165) is 55.4 Å². The number of para-hydroxylation sites is 4. The van der Waals surface area contributed by atoms with Gasteiger partial charge in [0.25, 0.3) is 0 Å². The molecule has 0 saturated carbocycles. The first-order valence-electron chi connectivity index (χ1n) is 27.4. The quantitative estimate of drug-likeness (QED) is 0.136. The van der Waals surface area contributed by atoms with E-state index >= 15 is 0 Å². The molecule has 0 aliphatic heterocycles. The van der Waals surface area contributed by atoms with Gasteiger partial charge in [-0.2, -0.15) is 0 Å². The first-order chi connectivity index (χ1) is 36.5. The van der Waals surface area contributed by atoms with E-state index in [1.54, 1.807) is 24.4 Å². The van der Waals surface area contributed by atoms with E-state index in [0.29, 0.717) is 56.5 Å². The Kier molecular flexibility index (Phi) is 10.6. The monoisotopic (exact) mass is 935 g/mol. The molecule has 0 aliphatic rings. The Morgan fingerprint density at radius 1 is 0.521 bits per heavy atom. The van der Waals surface area contributed by atoms with E-state index in [4.69, 9.17) is 12.5 Å². The summed E-state index contributed by atoms with van der Waals surface area (Å²) in [5.74, 6) is 1.82. The van der Waals surface area contributed by atoms with Crippen LogP contribution in [0.15, 0.2) is 200 Å². The van der Waals surface area contributed by atoms with Gasteiger partial charge >= 0.3 is 0 Å². The number of anilines is 4. The molecule has 71 heavy (non-hydrogen) atoms. The lowest BCUT2D eigenvalue weighted by atomic mass is 9.78. The van der Waals surface area contributed by atoms with Gasteiger partial charge in [0.05, 0.1) is 33.6 Å². The van der Waals surface area contributed by atoms with Crippen LogP contribution >= 0.6 is 0 Å². The van der Waals surface area contributed by atoms with Gasteiger partial charge in [0.2, 0.25) is 0 Å². The maximum Gasteiger partial charge on any atom is 0.137 e. The first-order valence-corrected chi connectivity index (χ1v) is 24.4. The van der Waals surface area contributed by atoms with Gasteiger partial charge in [0, 0.05) is 48.7 Å². The fourth-order valence-electron chi connectivity index (χ4n) is 8.98. The fourth-order valence-corrected chi connectivity index (χ4v) is 8.98. The Labute approximate surface area is 428 Å². The first kappa shape index (κ1) is 39.9. The summed E-state index contributed by atoms with van der Waals surface area (Å²) in [7, 11) is 0. The number of rotatable bonds is 11. The zero-order valence-corrected chi connectivity index (χ0v) is 42.0. The molecule has 0 radical (unpaired) electrons. The highest BCUT2D eigenvalue weighted by molar-refractivity contribution is 6.09. The van der Waals surface area contributed by atoms with Crippen molar-refractivity contribution in [2.75, 3.05) is 10.6 Å². The summed E-state index contributed by atoms with van der Waals surface area (Å²) >= 11 is 0. The van der Waals surface area contributed by atoms with E-state index in [9.17, 15) is 5.48 Å². The molecule has 10 rings (SSSR count). The third-order valence-corrected chi connectivity index (χ3v) is 12.6. The van der Waals surface area contributed by atoms with Crippen LogP contribution in [0.2, 0.25) is 0 Å². The lowest BCUT2D eigenvalue weighted by Gasteiger charge is -2.27. The second-order valence-corrected chi connectivity index (χ2v) is 21.3. The maximum absolute atomic E-state index is 9.83. The summed E-state index contributed by atoms with van der Waals surface area (Å²) in [6, 6.07) is 55.5. The summed E-state index contributed by atoms with van der Waals surface area (Å²) in [5, 5.41) is 9.46. The lowest BCUT2D eigenvalue weighted by molar-refractivity contribution is 0.411. The Hall–Kier alpha value is -7.89. The Morgan fingerprint density at radius 2 is 1.13 bits per heavy atom. The van der Waals surface area contributed by atoms with Crippen LogP contribution in [0, 0.1) is 5.41 Å². The minimum Gasteiger partial charge on any atom is -0.457 e. The molecule has 5 nitrogen and oxygen atoms in total. The fraction of sp³-hybridized carbons (Fsp3) is 0.197. The third-order valence-electron chi connectivity index (χ3n) is 12.6. The zero-order chi connectivity index (χ0) is 54.8. The molecule has 0 unspecified atom stereocenters. The summed E-state index contributed by atoms with van der Waals surface area (Å²) in [6.45, 7) is 18.3. The van der Waals surface area contributed by atoms with Crippen LogP contribution < -0.4 is 15.4 Å². The van der Waals surface area contributed by atoms with Gasteiger partial charge in [-0.25, -0.2) is 4.98 Å². The predicted octanol–water partition coefficient (Wildman–Crippen LogP) is 18.6. The summed E-state index contributed by atoms with van der Waals surface area (Å²) in [4.78, 5) is 4.78. The molecule has 0 bridgehead atoms. The number of nitrogens with zero attached hydrogens (tertiary/aromatic N) is 2. The van der Waals surface area contributed by atoms with E-state index < -0.39 is 22.6 Å². The summed E-state index contributed by atoms with van der Waals surface area (Å²) in [5.41, 5.74) is 9.15. The SMILES string of the molecule is [2H]c1cc(-c2ccccc2)cc([2H])c1-c1cccc(-c2c([2H])c(C(C)(C)C)cc(C(C)(C)C)c2[2H])c1Nc1ccccc1Nc1cccc(Oc2ccc3c4ccccc4n(-c4cc(C([2H])([2H])C(C)(C)C)ccn4)c3c2)c1. The zero-order valence-electron chi connectivity index (χ0n) is 48.0. The molecular weight excluding hydrogens is 865 g/mol. The Morgan fingerprint density at radius 3 is 1.83 bits per heavy atom. The normalized spacial score (nSPS) is 13.5. The molecule has 0 saturated heterocycles. The van der Waals surface area contributed by atoms with Crippen LogP contribution in [-0.4, -0.2) is 9.55 Å². The molecule has 2 N–H and O–H groups in total. The molecule has 8 aromatic carbocycles. The average Bonchev–Trinajstić information content (AvgIpc) is 3.76.